The van der Waals surface area contributed by atoms with Crippen molar-refractivity contribution >= 4 is 11.5 Å². The van der Waals surface area contributed by atoms with Gasteiger partial charge in [0.1, 0.15) is 5.82 Å². The van der Waals surface area contributed by atoms with E-state index in [1.54, 1.807) is 18.6 Å². The van der Waals surface area contributed by atoms with Crippen LogP contribution in [0.15, 0.2) is 53.9 Å². The lowest BCUT2D eigenvalue weighted by Crippen LogP contribution is -2.36. The highest BCUT2D eigenvalue weighted by Crippen LogP contribution is 2.27. The van der Waals surface area contributed by atoms with Gasteiger partial charge in [-0.15, -0.1) is 0 Å². The minimum atomic E-state index is -0.143. The van der Waals surface area contributed by atoms with Gasteiger partial charge in [0.15, 0.2) is 5.78 Å². The number of ketones is 1. The third kappa shape index (κ3) is 4.15. The number of rotatable bonds is 6. The SMILES string of the molecule is Cc1cccc(F)c1CN1CCC[C@@H](CC(=O)c2ccc3c(c2)C(c2cnc[nH]2)=NC3)C1. The van der Waals surface area contributed by atoms with Crippen LogP contribution in [0.1, 0.15) is 57.6 Å². The first-order valence-electron chi connectivity index (χ1n) is 11.2. The number of nitrogens with one attached hydrogen (secondary N) is 1. The van der Waals surface area contributed by atoms with Crippen molar-refractivity contribution in [3.63, 3.8) is 0 Å². The van der Waals surface area contributed by atoms with Crippen LogP contribution in [0.2, 0.25) is 0 Å². The van der Waals surface area contributed by atoms with E-state index in [0.717, 1.165) is 65.2 Å². The van der Waals surface area contributed by atoms with Crippen molar-refractivity contribution in [1.82, 2.24) is 14.9 Å². The Kier molecular flexibility index (Phi) is 5.70. The third-order valence-electron chi connectivity index (χ3n) is 6.66. The number of benzene rings is 2. The van der Waals surface area contributed by atoms with Gasteiger partial charge in [-0.1, -0.05) is 24.3 Å². The standard InChI is InChI=1S/C26H27FN4O/c1-17-4-2-6-23(27)22(17)15-31-9-3-5-18(14-31)10-25(32)19-7-8-20-12-29-26(21(20)11-19)24-13-28-16-30-24/h2,4,6-8,11,13,16,18H,3,5,9-10,12,14-15H2,1H3,(H,28,30)/t18-/m0/s1. The minimum absolute atomic E-state index is 0.143. The monoisotopic (exact) mass is 430 g/mol. The summed E-state index contributed by atoms with van der Waals surface area (Å²) >= 11 is 0. The maximum absolute atomic E-state index is 14.3. The van der Waals surface area contributed by atoms with Crippen molar-refractivity contribution in [2.45, 2.75) is 39.3 Å². The predicted molar refractivity (Wildman–Crippen MR) is 122 cm³/mol. The molecule has 0 spiro atoms. The molecule has 2 aliphatic heterocycles. The van der Waals surface area contributed by atoms with Crippen LogP contribution >= 0.6 is 0 Å². The first-order valence-corrected chi connectivity index (χ1v) is 11.2. The Morgan fingerprint density at radius 2 is 2.19 bits per heavy atom. The molecule has 0 aliphatic carbocycles. The Morgan fingerprint density at radius 1 is 1.28 bits per heavy atom. The number of halogens is 1. The molecule has 0 radical (unpaired) electrons. The summed E-state index contributed by atoms with van der Waals surface area (Å²) in [6, 6.07) is 11.2. The molecule has 2 aliphatic rings. The number of likely N-dealkylation sites (tertiary alicyclic amines) is 1. The zero-order valence-electron chi connectivity index (χ0n) is 18.3. The van der Waals surface area contributed by atoms with Gasteiger partial charge in [0.05, 0.1) is 30.5 Å². The summed E-state index contributed by atoms with van der Waals surface area (Å²) in [5.41, 5.74) is 6.38. The van der Waals surface area contributed by atoms with Crippen molar-refractivity contribution in [2.75, 3.05) is 13.1 Å². The molecule has 0 amide bonds. The van der Waals surface area contributed by atoms with E-state index in [1.807, 2.05) is 31.2 Å². The van der Waals surface area contributed by atoms with Crippen LogP contribution in [0.4, 0.5) is 4.39 Å². The topological polar surface area (TPSA) is 61.4 Å². The van der Waals surface area contributed by atoms with E-state index < -0.39 is 0 Å². The van der Waals surface area contributed by atoms with Crippen LogP contribution in [-0.2, 0) is 13.1 Å². The molecule has 6 heteroatoms. The number of hydrogen-bond acceptors (Lipinski definition) is 4. The van der Waals surface area contributed by atoms with Gasteiger partial charge < -0.3 is 4.98 Å². The molecule has 1 fully saturated rings. The van der Waals surface area contributed by atoms with E-state index >= 15 is 0 Å². The molecule has 1 aromatic heterocycles. The molecule has 164 valence electrons. The molecule has 1 N–H and O–H groups in total. The van der Waals surface area contributed by atoms with Gasteiger partial charge in [-0.05, 0) is 55.5 Å². The molecular weight excluding hydrogens is 403 g/mol. The van der Waals surface area contributed by atoms with Gasteiger partial charge in [-0.3, -0.25) is 14.7 Å². The Balaban J connectivity index is 1.26. The second-order valence-corrected chi connectivity index (χ2v) is 8.91. The van der Waals surface area contributed by atoms with Gasteiger partial charge in [0.25, 0.3) is 0 Å². The molecule has 0 saturated carbocycles. The molecule has 0 bridgehead atoms. The molecule has 2 aromatic carbocycles. The highest BCUT2D eigenvalue weighted by atomic mass is 19.1. The van der Waals surface area contributed by atoms with Crippen molar-refractivity contribution < 1.29 is 9.18 Å². The number of aliphatic imine (C=N–C) groups is 1. The minimum Gasteiger partial charge on any atom is -0.343 e. The molecule has 1 saturated heterocycles. The number of aryl methyl sites for hydroxylation is 1. The fourth-order valence-electron chi connectivity index (χ4n) is 4.91. The molecule has 5 rings (SSSR count). The molecule has 32 heavy (non-hydrogen) atoms. The van der Waals surface area contributed by atoms with Gasteiger partial charge in [0, 0.05) is 36.2 Å². The fourth-order valence-corrected chi connectivity index (χ4v) is 4.91. The van der Waals surface area contributed by atoms with Gasteiger partial charge in [0.2, 0.25) is 0 Å². The molecule has 3 heterocycles. The van der Waals surface area contributed by atoms with E-state index in [1.165, 1.54) is 6.07 Å². The lowest BCUT2D eigenvalue weighted by molar-refractivity contribution is 0.0911. The second kappa shape index (κ2) is 8.79. The lowest BCUT2D eigenvalue weighted by atomic mass is 9.89. The Hall–Kier alpha value is -3.12. The van der Waals surface area contributed by atoms with Crippen LogP contribution in [0.25, 0.3) is 0 Å². The number of Topliss-reactive ketones (excluding diaryl/α,β-unsaturated/α-hetero) is 1. The van der Waals surface area contributed by atoms with Gasteiger partial charge in [-0.25, -0.2) is 9.37 Å². The zero-order valence-corrected chi connectivity index (χ0v) is 18.3. The average molecular weight is 431 g/mol. The summed E-state index contributed by atoms with van der Waals surface area (Å²) in [6.07, 6.45) is 5.98. The number of piperidine rings is 1. The predicted octanol–water partition coefficient (Wildman–Crippen LogP) is 4.69. The van der Waals surface area contributed by atoms with Crippen molar-refractivity contribution in [1.29, 1.82) is 0 Å². The number of fused-ring (bicyclic) bond motifs is 1. The summed E-state index contributed by atoms with van der Waals surface area (Å²) in [5.74, 6) is 0.311. The lowest BCUT2D eigenvalue weighted by Gasteiger charge is -2.33. The number of carbonyl (C=O) groups excluding carboxylic acids is 1. The number of imidazole rings is 1. The number of aromatic amines is 1. The normalized spacial score (nSPS) is 18.4. The Bertz CT molecular complexity index is 1150. The summed E-state index contributed by atoms with van der Waals surface area (Å²) in [5, 5.41) is 0. The quantitative estimate of drug-likeness (QED) is 0.577. The van der Waals surface area contributed by atoms with Crippen LogP contribution in [-0.4, -0.2) is 39.5 Å². The number of H-pyrrole nitrogens is 1. The molecule has 0 unspecified atom stereocenters. The van der Waals surface area contributed by atoms with Crippen molar-refractivity contribution in [3.8, 4) is 0 Å². The van der Waals surface area contributed by atoms with Gasteiger partial charge in [-0.2, -0.15) is 0 Å². The zero-order chi connectivity index (χ0) is 22.1. The summed E-state index contributed by atoms with van der Waals surface area (Å²) in [7, 11) is 0. The maximum atomic E-state index is 14.3. The van der Waals surface area contributed by atoms with E-state index in [9.17, 15) is 9.18 Å². The van der Waals surface area contributed by atoms with Crippen LogP contribution in [0.3, 0.4) is 0 Å². The summed E-state index contributed by atoms with van der Waals surface area (Å²) in [6.45, 7) is 4.96. The molecule has 3 aromatic rings. The first kappa shape index (κ1) is 20.8. The van der Waals surface area contributed by atoms with Crippen LogP contribution in [0.5, 0.6) is 0 Å². The number of carbonyl (C=O) groups is 1. The average Bonchev–Trinajstić information content (AvgIpc) is 3.46. The summed E-state index contributed by atoms with van der Waals surface area (Å²) < 4.78 is 14.3. The van der Waals surface area contributed by atoms with E-state index in [2.05, 4.69) is 19.9 Å². The smallest absolute Gasteiger partial charge is 0.163 e. The number of nitrogens with zero attached hydrogens (tertiary/aromatic N) is 3. The van der Waals surface area contributed by atoms with E-state index in [4.69, 9.17) is 0 Å². The maximum Gasteiger partial charge on any atom is 0.163 e. The fraction of sp³-hybridized carbons (Fsp3) is 0.346. The van der Waals surface area contributed by atoms with Crippen LogP contribution < -0.4 is 0 Å². The largest absolute Gasteiger partial charge is 0.343 e. The van der Waals surface area contributed by atoms with E-state index in [0.29, 0.717) is 19.5 Å². The highest BCUT2D eigenvalue weighted by molar-refractivity contribution is 6.15. The highest BCUT2D eigenvalue weighted by Gasteiger charge is 2.25. The summed E-state index contributed by atoms with van der Waals surface area (Å²) in [4.78, 5) is 27.3. The first-order chi connectivity index (χ1) is 15.6. The Labute approximate surface area is 187 Å². The third-order valence-corrected chi connectivity index (χ3v) is 6.66. The second-order valence-electron chi connectivity index (χ2n) is 8.91. The van der Waals surface area contributed by atoms with Crippen molar-refractivity contribution in [2.24, 2.45) is 10.9 Å². The molecular formula is C26H27FN4O. The van der Waals surface area contributed by atoms with E-state index in [-0.39, 0.29) is 17.5 Å². The molecule has 5 nitrogen and oxygen atoms in total. The van der Waals surface area contributed by atoms with Crippen molar-refractivity contribution in [3.05, 3.63) is 88.3 Å². The number of hydrogen-bond donors (Lipinski definition) is 1. The van der Waals surface area contributed by atoms with Gasteiger partial charge >= 0.3 is 0 Å². The van der Waals surface area contributed by atoms with Crippen LogP contribution in [0, 0.1) is 18.7 Å². The molecule has 1 atom stereocenters. The Morgan fingerprint density at radius 3 is 3.00 bits per heavy atom. The number of aromatic nitrogens is 2.